The number of alkyl halides is 3. The average Bonchev–Trinajstić information content (AvgIpc) is 2.73. The molecule has 182 valence electrons. The van der Waals surface area contributed by atoms with Crippen molar-refractivity contribution in [3.63, 3.8) is 0 Å². The van der Waals surface area contributed by atoms with Gasteiger partial charge in [-0.3, -0.25) is 4.74 Å². The zero-order valence-electron chi connectivity index (χ0n) is 18.5. The first-order valence-corrected chi connectivity index (χ1v) is 11.1. The number of nitrogens with one attached hydrogen (secondary N) is 1. The zero-order valence-corrected chi connectivity index (χ0v) is 18.5. The van der Waals surface area contributed by atoms with Gasteiger partial charge in [-0.1, -0.05) is 12.1 Å². The standard InChI is InChI=1S/C22H29F3N4O4/c1-26-19-14-27(7-6-20(19)32-9-8-30)21(31)29-10-16(11-29)15-2-4-17(5-3-15)28-12-18(13-28)33-22(23,24)25/h2-5,8,16,18-20,26H,6-7,9-14H2,1H3/t19-,20+/m1/s1. The van der Waals surface area contributed by atoms with Gasteiger partial charge in [0.1, 0.15) is 19.0 Å². The van der Waals surface area contributed by atoms with Crippen molar-refractivity contribution in [3.05, 3.63) is 29.8 Å². The minimum Gasteiger partial charge on any atom is -0.369 e. The van der Waals surface area contributed by atoms with E-state index in [-0.39, 0.29) is 43.8 Å². The Balaban J connectivity index is 1.22. The van der Waals surface area contributed by atoms with Crippen molar-refractivity contribution in [1.82, 2.24) is 15.1 Å². The number of anilines is 1. The topological polar surface area (TPSA) is 74.4 Å². The minimum atomic E-state index is -4.60. The van der Waals surface area contributed by atoms with Crippen molar-refractivity contribution in [1.29, 1.82) is 0 Å². The van der Waals surface area contributed by atoms with Gasteiger partial charge in [0.15, 0.2) is 0 Å². The summed E-state index contributed by atoms with van der Waals surface area (Å²) >= 11 is 0. The number of amides is 2. The summed E-state index contributed by atoms with van der Waals surface area (Å²) in [5.74, 6) is 0.245. The molecule has 0 aromatic heterocycles. The van der Waals surface area contributed by atoms with Gasteiger partial charge in [0.2, 0.25) is 0 Å². The van der Waals surface area contributed by atoms with Crippen molar-refractivity contribution in [2.75, 3.05) is 57.8 Å². The molecule has 3 aliphatic heterocycles. The number of aldehydes is 1. The summed E-state index contributed by atoms with van der Waals surface area (Å²) in [6.07, 6.45) is -4.09. The number of likely N-dealkylation sites (N-methyl/N-ethyl adjacent to an activating group) is 1. The molecule has 3 saturated heterocycles. The summed E-state index contributed by atoms with van der Waals surface area (Å²) in [5, 5.41) is 3.17. The summed E-state index contributed by atoms with van der Waals surface area (Å²) in [4.78, 5) is 28.9. The highest BCUT2D eigenvalue weighted by Gasteiger charge is 2.40. The minimum absolute atomic E-state index is 0.00763. The van der Waals surface area contributed by atoms with Crippen molar-refractivity contribution < 1.29 is 32.2 Å². The third kappa shape index (κ3) is 5.59. The second-order valence-electron chi connectivity index (χ2n) is 8.73. The Morgan fingerprint density at radius 2 is 1.82 bits per heavy atom. The van der Waals surface area contributed by atoms with Crippen LogP contribution in [0.4, 0.5) is 23.7 Å². The van der Waals surface area contributed by atoms with Gasteiger partial charge in [0.05, 0.1) is 12.1 Å². The van der Waals surface area contributed by atoms with Crippen LogP contribution in [0.25, 0.3) is 0 Å². The first-order valence-electron chi connectivity index (χ1n) is 11.1. The lowest BCUT2D eigenvalue weighted by molar-refractivity contribution is -0.344. The van der Waals surface area contributed by atoms with Crippen LogP contribution in [0.2, 0.25) is 0 Å². The van der Waals surface area contributed by atoms with E-state index < -0.39 is 12.5 Å². The van der Waals surface area contributed by atoms with Gasteiger partial charge in [-0.25, -0.2) is 4.79 Å². The van der Waals surface area contributed by atoms with Gasteiger partial charge in [-0.15, -0.1) is 13.2 Å². The highest BCUT2D eigenvalue weighted by molar-refractivity contribution is 5.76. The maximum absolute atomic E-state index is 12.9. The number of hydrogen-bond donors (Lipinski definition) is 1. The van der Waals surface area contributed by atoms with E-state index in [9.17, 15) is 22.8 Å². The van der Waals surface area contributed by atoms with Crippen LogP contribution in [0.15, 0.2) is 24.3 Å². The third-order valence-electron chi connectivity index (χ3n) is 6.60. The van der Waals surface area contributed by atoms with E-state index in [0.717, 1.165) is 17.5 Å². The SMILES string of the molecule is CN[C@@H]1CN(C(=O)N2CC(c3ccc(N4CC(OC(F)(F)F)C4)cc3)C2)CC[C@@H]1OCC=O. The van der Waals surface area contributed by atoms with Crippen molar-refractivity contribution >= 4 is 18.0 Å². The number of piperidine rings is 1. The fourth-order valence-electron chi connectivity index (χ4n) is 4.66. The molecule has 0 bridgehead atoms. The van der Waals surface area contributed by atoms with Crippen LogP contribution in [0, 0.1) is 0 Å². The van der Waals surface area contributed by atoms with Crippen molar-refractivity contribution in [2.45, 2.75) is 37.0 Å². The Hall–Kier alpha value is -2.37. The summed E-state index contributed by atoms with van der Waals surface area (Å²) in [6.45, 7) is 2.88. The number of rotatable bonds is 7. The van der Waals surface area contributed by atoms with Gasteiger partial charge in [-0.05, 0) is 31.2 Å². The van der Waals surface area contributed by atoms with Crippen LogP contribution in [-0.2, 0) is 14.3 Å². The Bertz CT molecular complexity index is 826. The lowest BCUT2D eigenvalue weighted by atomic mass is 9.91. The van der Waals surface area contributed by atoms with E-state index in [4.69, 9.17) is 4.74 Å². The summed E-state index contributed by atoms with van der Waals surface area (Å²) in [5.41, 5.74) is 1.98. The fraction of sp³-hybridized carbons (Fsp3) is 0.636. The predicted octanol–water partition coefficient (Wildman–Crippen LogP) is 1.81. The van der Waals surface area contributed by atoms with Crippen LogP contribution < -0.4 is 10.2 Å². The molecule has 8 nitrogen and oxygen atoms in total. The molecule has 3 heterocycles. The second kappa shape index (κ2) is 9.86. The molecule has 2 atom stereocenters. The third-order valence-corrected chi connectivity index (χ3v) is 6.60. The largest absolute Gasteiger partial charge is 0.522 e. The molecule has 11 heteroatoms. The molecular weight excluding hydrogens is 441 g/mol. The van der Waals surface area contributed by atoms with E-state index in [2.05, 4.69) is 10.1 Å². The lowest BCUT2D eigenvalue weighted by Gasteiger charge is -2.45. The molecule has 0 spiro atoms. The number of halogens is 3. The molecule has 3 aliphatic rings. The Kier molecular flexibility index (Phi) is 7.10. The van der Waals surface area contributed by atoms with Gasteiger partial charge in [0, 0.05) is 50.9 Å². The van der Waals surface area contributed by atoms with Gasteiger partial charge in [0.25, 0.3) is 0 Å². The number of likely N-dealkylation sites (tertiary alicyclic amines) is 2. The Morgan fingerprint density at radius 1 is 1.12 bits per heavy atom. The Morgan fingerprint density at radius 3 is 2.42 bits per heavy atom. The smallest absolute Gasteiger partial charge is 0.369 e. The number of carbonyl (C=O) groups is 2. The van der Waals surface area contributed by atoms with Crippen LogP contribution >= 0.6 is 0 Å². The highest BCUT2D eigenvalue weighted by atomic mass is 19.4. The summed E-state index contributed by atoms with van der Waals surface area (Å²) in [7, 11) is 1.82. The molecule has 0 aliphatic carbocycles. The molecule has 1 N–H and O–H groups in total. The van der Waals surface area contributed by atoms with Crippen molar-refractivity contribution in [2.24, 2.45) is 0 Å². The van der Waals surface area contributed by atoms with Crippen LogP contribution in [0.3, 0.4) is 0 Å². The highest BCUT2D eigenvalue weighted by Crippen LogP contribution is 2.32. The normalized spacial score (nSPS) is 24.4. The summed E-state index contributed by atoms with van der Waals surface area (Å²) < 4.78 is 46.4. The number of carbonyl (C=O) groups excluding carboxylic acids is 2. The number of ether oxygens (including phenoxy) is 2. The second-order valence-corrected chi connectivity index (χ2v) is 8.73. The first-order chi connectivity index (χ1) is 15.8. The van der Waals surface area contributed by atoms with E-state index >= 15 is 0 Å². The molecule has 4 rings (SSSR count). The molecular formula is C22H29F3N4O4. The molecule has 0 saturated carbocycles. The Labute approximate surface area is 190 Å². The van der Waals surface area contributed by atoms with E-state index in [1.54, 1.807) is 0 Å². The van der Waals surface area contributed by atoms with Crippen molar-refractivity contribution in [3.8, 4) is 0 Å². The van der Waals surface area contributed by atoms with E-state index in [1.807, 2.05) is 46.0 Å². The van der Waals surface area contributed by atoms with Crippen LogP contribution in [0.5, 0.6) is 0 Å². The van der Waals surface area contributed by atoms with Gasteiger partial charge in [-0.2, -0.15) is 0 Å². The van der Waals surface area contributed by atoms with Gasteiger partial charge >= 0.3 is 12.4 Å². The number of benzene rings is 1. The molecule has 0 radical (unpaired) electrons. The number of urea groups is 1. The predicted molar refractivity (Wildman–Crippen MR) is 114 cm³/mol. The van der Waals surface area contributed by atoms with Gasteiger partial charge < -0.3 is 29.5 Å². The molecule has 1 aromatic rings. The van der Waals surface area contributed by atoms with E-state index in [0.29, 0.717) is 32.6 Å². The molecule has 3 fully saturated rings. The monoisotopic (exact) mass is 470 g/mol. The quantitative estimate of drug-likeness (QED) is 0.613. The number of hydrogen-bond acceptors (Lipinski definition) is 6. The molecule has 33 heavy (non-hydrogen) atoms. The fourth-order valence-corrected chi connectivity index (χ4v) is 4.66. The number of nitrogens with zero attached hydrogens (tertiary/aromatic N) is 3. The maximum atomic E-state index is 12.9. The zero-order chi connectivity index (χ0) is 23.6. The molecule has 2 amide bonds. The average molecular weight is 470 g/mol. The maximum Gasteiger partial charge on any atom is 0.522 e. The van der Waals surface area contributed by atoms with E-state index in [1.165, 1.54) is 0 Å². The molecule has 1 aromatic carbocycles. The lowest BCUT2D eigenvalue weighted by Crippen LogP contribution is -2.60. The van der Waals surface area contributed by atoms with Crippen LogP contribution in [-0.4, -0.2) is 99.7 Å². The first kappa shape index (κ1) is 23.8. The summed E-state index contributed by atoms with van der Waals surface area (Å²) in [6, 6.07) is 7.76. The van der Waals surface area contributed by atoms with Crippen LogP contribution in [0.1, 0.15) is 17.9 Å². The molecule has 0 unspecified atom stereocenters.